The summed E-state index contributed by atoms with van der Waals surface area (Å²) in [6.07, 6.45) is 3.93. The summed E-state index contributed by atoms with van der Waals surface area (Å²) < 4.78 is 5.29. The van der Waals surface area contributed by atoms with Crippen LogP contribution in [0.25, 0.3) is 11.2 Å². The molecule has 2 aromatic rings. The van der Waals surface area contributed by atoms with Crippen LogP contribution in [-0.2, 0) is 6.42 Å². The quantitative estimate of drug-likeness (QED) is 0.832. The minimum Gasteiger partial charge on any atom is -0.494 e. The van der Waals surface area contributed by atoms with E-state index in [-0.39, 0.29) is 0 Å². The van der Waals surface area contributed by atoms with Crippen molar-refractivity contribution >= 4 is 11.2 Å². The lowest BCUT2D eigenvalue weighted by Gasteiger charge is -2.03. The first-order chi connectivity index (χ1) is 8.36. The zero-order valence-corrected chi connectivity index (χ0v) is 9.86. The van der Waals surface area contributed by atoms with Crippen molar-refractivity contribution in [1.29, 1.82) is 0 Å². The van der Waals surface area contributed by atoms with Gasteiger partial charge in [-0.25, -0.2) is 9.97 Å². The van der Waals surface area contributed by atoms with Gasteiger partial charge in [0.2, 0.25) is 0 Å². The van der Waals surface area contributed by atoms with Gasteiger partial charge in [-0.05, 0) is 25.4 Å². The fourth-order valence-electron chi connectivity index (χ4n) is 2.36. The van der Waals surface area contributed by atoms with Crippen LogP contribution in [0.4, 0.5) is 0 Å². The monoisotopic (exact) mass is 232 g/mol. The van der Waals surface area contributed by atoms with Gasteiger partial charge in [0.05, 0.1) is 7.11 Å². The molecule has 2 aromatic heterocycles. The number of nitrogens with zero attached hydrogens (tertiary/aromatic N) is 2. The van der Waals surface area contributed by atoms with Gasteiger partial charge in [0.1, 0.15) is 17.1 Å². The summed E-state index contributed by atoms with van der Waals surface area (Å²) in [5.41, 5.74) is 1.64. The van der Waals surface area contributed by atoms with Gasteiger partial charge in [0, 0.05) is 18.7 Å². The van der Waals surface area contributed by atoms with Crippen LogP contribution >= 0.6 is 0 Å². The highest BCUT2D eigenvalue weighted by atomic mass is 16.5. The number of rotatable bonds is 3. The Labute approximate surface area is 99.6 Å². The van der Waals surface area contributed by atoms with Crippen LogP contribution in [0.3, 0.4) is 0 Å². The fraction of sp³-hybridized carbons (Fsp3) is 0.500. The lowest BCUT2D eigenvalue weighted by molar-refractivity contribution is 0.418. The highest BCUT2D eigenvalue weighted by Gasteiger charge is 2.17. The third-order valence-corrected chi connectivity index (χ3v) is 3.27. The van der Waals surface area contributed by atoms with Crippen LogP contribution in [0, 0.1) is 5.92 Å². The van der Waals surface area contributed by atoms with Gasteiger partial charge in [0.15, 0.2) is 5.65 Å². The molecular weight excluding hydrogens is 216 g/mol. The van der Waals surface area contributed by atoms with E-state index in [0.29, 0.717) is 5.92 Å². The largest absolute Gasteiger partial charge is 0.494 e. The van der Waals surface area contributed by atoms with Crippen molar-refractivity contribution < 1.29 is 4.74 Å². The maximum absolute atomic E-state index is 5.29. The lowest BCUT2D eigenvalue weighted by Crippen LogP contribution is -2.11. The Morgan fingerprint density at radius 3 is 3.24 bits per heavy atom. The molecule has 0 radical (unpaired) electrons. The van der Waals surface area contributed by atoms with Crippen LogP contribution in [0.5, 0.6) is 5.75 Å². The molecule has 5 heteroatoms. The van der Waals surface area contributed by atoms with E-state index in [1.807, 2.05) is 6.07 Å². The number of hydrogen-bond donors (Lipinski definition) is 2. The molecule has 5 nitrogen and oxygen atoms in total. The zero-order valence-electron chi connectivity index (χ0n) is 9.86. The number of ether oxygens (including phenoxy) is 1. The Morgan fingerprint density at radius 1 is 1.53 bits per heavy atom. The molecule has 0 saturated carbocycles. The van der Waals surface area contributed by atoms with Gasteiger partial charge in [-0.3, -0.25) is 0 Å². The van der Waals surface area contributed by atoms with Crippen molar-refractivity contribution in [2.45, 2.75) is 12.8 Å². The fourth-order valence-corrected chi connectivity index (χ4v) is 2.36. The number of imidazole rings is 1. The summed E-state index contributed by atoms with van der Waals surface area (Å²) >= 11 is 0. The molecule has 3 rings (SSSR count). The SMILES string of the molecule is COc1ccnc2nc(CC3CCNC3)[nH]c12. The van der Waals surface area contributed by atoms with E-state index in [0.717, 1.165) is 42.2 Å². The van der Waals surface area contributed by atoms with Gasteiger partial charge in [-0.2, -0.15) is 0 Å². The van der Waals surface area contributed by atoms with Crippen LogP contribution in [0.1, 0.15) is 12.2 Å². The molecule has 1 unspecified atom stereocenters. The van der Waals surface area contributed by atoms with E-state index in [1.165, 1.54) is 6.42 Å². The van der Waals surface area contributed by atoms with E-state index < -0.39 is 0 Å². The van der Waals surface area contributed by atoms with Crippen molar-refractivity contribution in [3.05, 3.63) is 18.1 Å². The normalized spacial score (nSPS) is 19.9. The summed E-state index contributed by atoms with van der Waals surface area (Å²) in [6, 6.07) is 1.85. The summed E-state index contributed by atoms with van der Waals surface area (Å²) in [7, 11) is 1.66. The van der Waals surface area contributed by atoms with Crippen LogP contribution in [-0.4, -0.2) is 35.2 Å². The standard InChI is InChI=1S/C12H16N4O/c1-17-9-3-5-14-12-11(9)15-10(16-12)6-8-2-4-13-7-8/h3,5,8,13H,2,4,6-7H2,1H3,(H,14,15,16). The van der Waals surface area contributed by atoms with Crippen LogP contribution < -0.4 is 10.1 Å². The number of aromatic amines is 1. The predicted octanol–water partition coefficient (Wildman–Crippen LogP) is 1.12. The van der Waals surface area contributed by atoms with Gasteiger partial charge >= 0.3 is 0 Å². The summed E-state index contributed by atoms with van der Waals surface area (Å²) in [5, 5.41) is 3.37. The zero-order chi connectivity index (χ0) is 11.7. The van der Waals surface area contributed by atoms with E-state index in [4.69, 9.17) is 4.74 Å². The molecule has 1 aliphatic heterocycles. The molecule has 3 heterocycles. The predicted molar refractivity (Wildman–Crippen MR) is 65.1 cm³/mol. The molecule has 0 spiro atoms. The lowest BCUT2D eigenvalue weighted by atomic mass is 10.1. The maximum Gasteiger partial charge on any atom is 0.181 e. The molecule has 1 atom stereocenters. The van der Waals surface area contributed by atoms with E-state index in [1.54, 1.807) is 13.3 Å². The third-order valence-electron chi connectivity index (χ3n) is 3.27. The molecule has 1 aliphatic rings. The molecule has 1 fully saturated rings. The second-order valence-electron chi connectivity index (χ2n) is 4.46. The number of hydrogen-bond acceptors (Lipinski definition) is 4. The van der Waals surface area contributed by atoms with Crippen LogP contribution in [0.15, 0.2) is 12.3 Å². The molecule has 0 amide bonds. The number of fused-ring (bicyclic) bond motifs is 1. The molecule has 0 aliphatic carbocycles. The number of H-pyrrole nitrogens is 1. The van der Waals surface area contributed by atoms with Crippen molar-refractivity contribution in [2.75, 3.05) is 20.2 Å². The summed E-state index contributed by atoms with van der Waals surface area (Å²) in [5.74, 6) is 2.49. The Hall–Kier alpha value is -1.62. The average Bonchev–Trinajstić information content (AvgIpc) is 2.97. The van der Waals surface area contributed by atoms with E-state index in [2.05, 4.69) is 20.3 Å². The minimum absolute atomic E-state index is 0.682. The highest BCUT2D eigenvalue weighted by molar-refractivity contribution is 5.77. The van der Waals surface area contributed by atoms with Gasteiger partial charge in [-0.15, -0.1) is 0 Å². The Bertz CT molecular complexity index is 516. The van der Waals surface area contributed by atoms with Crippen molar-refractivity contribution in [3.63, 3.8) is 0 Å². The number of aromatic nitrogens is 3. The first-order valence-corrected chi connectivity index (χ1v) is 5.95. The Kier molecular flexibility index (Phi) is 2.68. The first-order valence-electron chi connectivity index (χ1n) is 5.95. The van der Waals surface area contributed by atoms with E-state index >= 15 is 0 Å². The number of nitrogens with one attached hydrogen (secondary N) is 2. The number of pyridine rings is 1. The molecule has 17 heavy (non-hydrogen) atoms. The van der Waals surface area contributed by atoms with Gasteiger partial charge in [-0.1, -0.05) is 0 Å². The van der Waals surface area contributed by atoms with Crippen LogP contribution in [0.2, 0.25) is 0 Å². The topological polar surface area (TPSA) is 62.8 Å². The Balaban J connectivity index is 1.90. The second-order valence-corrected chi connectivity index (χ2v) is 4.46. The number of methoxy groups -OCH3 is 1. The first kappa shape index (κ1) is 10.5. The highest BCUT2D eigenvalue weighted by Crippen LogP contribution is 2.22. The Morgan fingerprint density at radius 2 is 2.47 bits per heavy atom. The smallest absolute Gasteiger partial charge is 0.181 e. The van der Waals surface area contributed by atoms with Crippen molar-refractivity contribution in [2.24, 2.45) is 5.92 Å². The molecule has 0 aromatic carbocycles. The molecule has 2 N–H and O–H groups in total. The molecule has 1 saturated heterocycles. The molecule has 0 bridgehead atoms. The maximum atomic E-state index is 5.29. The molecule has 90 valence electrons. The molecular formula is C12H16N4O. The third kappa shape index (κ3) is 1.98. The summed E-state index contributed by atoms with van der Waals surface area (Å²) in [4.78, 5) is 12.1. The summed E-state index contributed by atoms with van der Waals surface area (Å²) in [6.45, 7) is 2.20. The van der Waals surface area contributed by atoms with Gasteiger partial charge < -0.3 is 15.0 Å². The second kappa shape index (κ2) is 4.33. The van der Waals surface area contributed by atoms with Crippen molar-refractivity contribution in [3.8, 4) is 5.75 Å². The van der Waals surface area contributed by atoms with Crippen molar-refractivity contribution in [1.82, 2.24) is 20.3 Å². The minimum atomic E-state index is 0.682. The van der Waals surface area contributed by atoms with E-state index in [9.17, 15) is 0 Å². The average molecular weight is 232 g/mol. The van der Waals surface area contributed by atoms with Gasteiger partial charge in [0.25, 0.3) is 0 Å².